The molecule has 1 saturated carbocycles. The molecule has 43 heavy (non-hydrogen) atoms. The first-order valence-electron chi connectivity index (χ1n) is 12.9. The number of anilines is 1. The second-order valence-electron chi connectivity index (χ2n) is 10.6. The highest BCUT2D eigenvalue weighted by atomic mass is 79.9. The van der Waals surface area contributed by atoms with Crippen molar-refractivity contribution < 1.29 is 30.8 Å². The molecule has 5 aromatic rings. The van der Waals surface area contributed by atoms with Gasteiger partial charge in [-0.2, -0.15) is 18.3 Å². The summed E-state index contributed by atoms with van der Waals surface area (Å²) >= 11 is 3.46. The molecule has 0 bridgehead atoms. The van der Waals surface area contributed by atoms with Gasteiger partial charge < -0.3 is 4.90 Å². The minimum atomic E-state index is -4.48. The lowest BCUT2D eigenvalue weighted by Gasteiger charge is -2.26. The topological polar surface area (TPSA) is 98.1 Å². The number of fused-ring (bicyclic) bond motifs is 3. The molecule has 0 radical (unpaired) electrons. The van der Waals surface area contributed by atoms with Crippen molar-refractivity contribution in [2.45, 2.75) is 35.9 Å². The third-order valence-corrected chi connectivity index (χ3v) is 9.42. The van der Waals surface area contributed by atoms with Crippen LogP contribution in [0.2, 0.25) is 0 Å². The quantitative estimate of drug-likeness (QED) is 0.156. The molecule has 1 amide bonds. The third kappa shape index (κ3) is 5.05. The molecule has 1 fully saturated rings. The number of halogens is 5. The van der Waals surface area contributed by atoms with Gasteiger partial charge in [-0.15, -0.1) is 0 Å². The zero-order valence-corrected chi connectivity index (χ0v) is 25.1. The molecule has 14 heteroatoms. The van der Waals surface area contributed by atoms with Crippen molar-refractivity contribution in [3.8, 4) is 0 Å². The lowest BCUT2D eigenvalue weighted by molar-refractivity contribution is -0.161. The number of aromatic nitrogens is 4. The molecule has 8 nitrogen and oxygen atoms in total. The number of carbonyl (C=O) groups is 1. The van der Waals surface area contributed by atoms with Gasteiger partial charge in [-0.25, -0.2) is 17.8 Å². The molecule has 1 aliphatic carbocycles. The number of hydrogen-bond acceptors (Lipinski definition) is 6. The van der Waals surface area contributed by atoms with Crippen LogP contribution in [0.3, 0.4) is 0 Å². The van der Waals surface area contributed by atoms with Gasteiger partial charge in [0, 0.05) is 24.9 Å². The summed E-state index contributed by atoms with van der Waals surface area (Å²) < 4.78 is 82.7. The molecule has 3 heterocycles. The molecule has 2 aromatic carbocycles. The lowest BCUT2D eigenvalue weighted by Crippen LogP contribution is -2.32. The number of rotatable bonds is 6. The first kappa shape index (κ1) is 29.2. The molecule has 0 spiro atoms. The van der Waals surface area contributed by atoms with E-state index in [4.69, 9.17) is 0 Å². The first-order valence-corrected chi connectivity index (χ1v) is 15.6. The standard InChI is InChI=1S/C29H22BrF4N5O3S/c1-38-25-19-6-3-16(11-21(19)37-26(30)20(25)14-36-38)15-39(22-7-5-18(31)12-23(22)43(2,41)42)27(40)17-4-8-24(35-13-17)28(9-10-28)29(32,33)34/h3-8,11-14H,9-10,15H2,1-2H3. The van der Waals surface area contributed by atoms with Crippen molar-refractivity contribution in [1.82, 2.24) is 19.7 Å². The molecular weight excluding hydrogens is 654 g/mol. The van der Waals surface area contributed by atoms with Crippen LogP contribution in [-0.2, 0) is 28.8 Å². The fourth-order valence-corrected chi connectivity index (χ4v) is 6.63. The fraction of sp³-hybridized carbons (Fsp3) is 0.241. The Kier molecular flexibility index (Phi) is 6.84. The van der Waals surface area contributed by atoms with E-state index in [9.17, 15) is 30.8 Å². The smallest absolute Gasteiger partial charge is 0.303 e. The number of alkyl halides is 3. The van der Waals surface area contributed by atoms with Crippen LogP contribution < -0.4 is 4.90 Å². The summed E-state index contributed by atoms with van der Waals surface area (Å²) in [5.41, 5.74) is -0.415. The van der Waals surface area contributed by atoms with E-state index in [1.54, 1.807) is 30.1 Å². The van der Waals surface area contributed by atoms with E-state index < -0.39 is 38.0 Å². The zero-order valence-electron chi connectivity index (χ0n) is 22.7. The number of sulfone groups is 1. The molecule has 0 aliphatic heterocycles. The van der Waals surface area contributed by atoms with Crippen molar-refractivity contribution in [2.75, 3.05) is 11.2 Å². The second kappa shape index (κ2) is 10.1. The Morgan fingerprint density at radius 1 is 1.07 bits per heavy atom. The van der Waals surface area contributed by atoms with Gasteiger partial charge in [0.1, 0.15) is 15.8 Å². The van der Waals surface area contributed by atoms with Gasteiger partial charge in [0.15, 0.2) is 9.84 Å². The maximum Gasteiger partial charge on any atom is 0.399 e. The third-order valence-electron chi connectivity index (χ3n) is 7.69. The van der Waals surface area contributed by atoms with Gasteiger partial charge in [-0.1, -0.05) is 12.1 Å². The number of carbonyl (C=O) groups excluding carboxylic acids is 1. The predicted molar refractivity (Wildman–Crippen MR) is 155 cm³/mol. The largest absolute Gasteiger partial charge is 0.399 e. The van der Waals surface area contributed by atoms with Crippen LogP contribution in [0.15, 0.2) is 70.4 Å². The van der Waals surface area contributed by atoms with Crippen molar-refractivity contribution >= 4 is 59.2 Å². The van der Waals surface area contributed by atoms with Gasteiger partial charge in [-0.05, 0) is 70.7 Å². The molecule has 1 aliphatic rings. The van der Waals surface area contributed by atoms with E-state index in [1.807, 2.05) is 6.07 Å². The van der Waals surface area contributed by atoms with Gasteiger partial charge in [0.2, 0.25) is 0 Å². The molecule has 6 rings (SSSR count). The molecule has 0 N–H and O–H groups in total. The molecule has 3 aromatic heterocycles. The Morgan fingerprint density at radius 3 is 2.44 bits per heavy atom. The summed E-state index contributed by atoms with van der Waals surface area (Å²) in [6.45, 7) is -0.167. The SMILES string of the molecule is Cn1ncc2c(Br)nc3cc(CN(C(=O)c4ccc(C5(C(F)(F)F)CC5)nc4)c4ccc(F)cc4S(C)(=O)=O)ccc3c21. The number of benzene rings is 2. The second-order valence-corrected chi connectivity index (χ2v) is 13.3. The number of pyridine rings is 2. The maximum absolute atomic E-state index is 14.2. The Labute approximate surface area is 251 Å². The van der Waals surface area contributed by atoms with Crippen LogP contribution in [0.1, 0.15) is 34.5 Å². The number of hydrogen-bond donors (Lipinski definition) is 0. The van der Waals surface area contributed by atoms with E-state index in [-0.39, 0.29) is 36.3 Å². The summed E-state index contributed by atoms with van der Waals surface area (Å²) in [5.74, 6) is -1.55. The fourth-order valence-electron chi connectivity index (χ4n) is 5.27. The van der Waals surface area contributed by atoms with Gasteiger partial charge in [-0.3, -0.25) is 14.5 Å². The van der Waals surface area contributed by atoms with E-state index in [0.29, 0.717) is 15.7 Å². The molecular formula is C29H22BrF4N5O3S. The molecule has 0 unspecified atom stereocenters. The number of nitrogens with zero attached hydrogens (tertiary/aromatic N) is 5. The summed E-state index contributed by atoms with van der Waals surface area (Å²) in [6, 6.07) is 10.7. The minimum Gasteiger partial charge on any atom is -0.303 e. The summed E-state index contributed by atoms with van der Waals surface area (Å²) in [7, 11) is -2.21. The van der Waals surface area contributed by atoms with Crippen LogP contribution in [0.5, 0.6) is 0 Å². The van der Waals surface area contributed by atoms with E-state index in [0.717, 1.165) is 45.8 Å². The van der Waals surface area contributed by atoms with Crippen LogP contribution >= 0.6 is 15.9 Å². The maximum atomic E-state index is 14.2. The van der Waals surface area contributed by atoms with Crippen molar-refractivity contribution in [3.63, 3.8) is 0 Å². The summed E-state index contributed by atoms with van der Waals surface area (Å²) in [6.07, 6.45) is -1.02. The Hall–Kier alpha value is -3.91. The van der Waals surface area contributed by atoms with Crippen LogP contribution in [0.25, 0.3) is 21.8 Å². The monoisotopic (exact) mass is 675 g/mol. The van der Waals surface area contributed by atoms with E-state index in [1.165, 1.54) is 18.2 Å². The van der Waals surface area contributed by atoms with Crippen molar-refractivity contribution in [2.24, 2.45) is 7.05 Å². The van der Waals surface area contributed by atoms with Crippen molar-refractivity contribution in [1.29, 1.82) is 0 Å². The highest BCUT2D eigenvalue weighted by molar-refractivity contribution is 9.10. The number of amides is 1. The Balaban J connectivity index is 1.45. The van der Waals surface area contributed by atoms with Crippen LogP contribution in [0, 0.1) is 5.82 Å². The van der Waals surface area contributed by atoms with Crippen LogP contribution in [0.4, 0.5) is 23.2 Å². The average Bonchev–Trinajstić information content (AvgIpc) is 3.68. The first-order chi connectivity index (χ1) is 20.2. The summed E-state index contributed by atoms with van der Waals surface area (Å²) in [4.78, 5) is 23.2. The highest BCUT2D eigenvalue weighted by Crippen LogP contribution is 2.58. The minimum absolute atomic E-state index is 0.0660. The molecule has 0 atom stereocenters. The predicted octanol–water partition coefficient (Wildman–Crippen LogP) is 6.26. The Morgan fingerprint density at radius 2 is 1.81 bits per heavy atom. The van der Waals surface area contributed by atoms with E-state index in [2.05, 4.69) is 31.0 Å². The zero-order chi connectivity index (χ0) is 30.9. The normalized spacial score (nSPS) is 14.8. The highest BCUT2D eigenvalue weighted by Gasteiger charge is 2.65. The van der Waals surface area contributed by atoms with Crippen molar-refractivity contribution in [3.05, 3.63) is 88.2 Å². The number of aryl methyl sites for hydroxylation is 1. The van der Waals surface area contributed by atoms with Gasteiger partial charge in [0.25, 0.3) is 5.91 Å². The summed E-state index contributed by atoms with van der Waals surface area (Å²) in [5, 5.41) is 5.88. The van der Waals surface area contributed by atoms with Gasteiger partial charge >= 0.3 is 6.18 Å². The van der Waals surface area contributed by atoms with E-state index >= 15 is 0 Å². The lowest BCUT2D eigenvalue weighted by atomic mass is 10.0. The average molecular weight is 676 g/mol. The molecule has 0 saturated heterocycles. The van der Waals surface area contributed by atoms with Crippen LogP contribution in [-0.4, -0.2) is 46.5 Å². The molecule has 222 valence electrons. The van der Waals surface area contributed by atoms with Gasteiger partial charge in [0.05, 0.1) is 51.0 Å². The Bertz CT molecular complexity index is 2040.